The molecule has 0 spiro atoms. The van der Waals surface area contributed by atoms with E-state index in [-0.39, 0.29) is 18.4 Å². The molecule has 2 N–H and O–H groups in total. The first-order valence-corrected chi connectivity index (χ1v) is 9.73. The van der Waals surface area contributed by atoms with Gasteiger partial charge in [-0.3, -0.25) is 4.79 Å². The van der Waals surface area contributed by atoms with Crippen LogP contribution in [0, 0.1) is 5.92 Å². The van der Waals surface area contributed by atoms with E-state index in [0.717, 1.165) is 44.1 Å². The van der Waals surface area contributed by atoms with Crippen LogP contribution in [0.25, 0.3) is 0 Å². The molecule has 2 aliphatic carbocycles. The van der Waals surface area contributed by atoms with Gasteiger partial charge < -0.3 is 14.8 Å². The van der Waals surface area contributed by atoms with Crippen LogP contribution in [0.4, 0.5) is 0 Å². The highest BCUT2D eigenvalue weighted by atomic mass is 35.5. The first-order valence-electron chi connectivity index (χ1n) is 9.35. The fourth-order valence-electron chi connectivity index (χ4n) is 4.30. The predicted octanol–water partition coefficient (Wildman–Crippen LogP) is 4.16. The van der Waals surface area contributed by atoms with Gasteiger partial charge >= 0.3 is 0 Å². The molecule has 4 nitrogen and oxygen atoms in total. The minimum atomic E-state index is -1.13. The average molecular weight is 374 g/mol. The van der Waals surface area contributed by atoms with E-state index in [0.29, 0.717) is 10.8 Å². The molecular formula is C21H24ClNO3. The van der Waals surface area contributed by atoms with Crippen molar-refractivity contribution in [3.05, 3.63) is 59.0 Å². The topological polar surface area (TPSA) is 62.5 Å². The quantitative estimate of drug-likeness (QED) is 0.799. The average Bonchev–Trinajstić information content (AvgIpc) is 3.15. The molecule has 0 saturated heterocycles. The van der Waals surface area contributed by atoms with Crippen LogP contribution in [0.2, 0.25) is 5.02 Å². The molecule has 138 valence electrons. The molecule has 1 heterocycles. The van der Waals surface area contributed by atoms with Crippen molar-refractivity contribution in [2.45, 2.75) is 49.5 Å². The third-order valence-corrected chi connectivity index (χ3v) is 6.26. The summed E-state index contributed by atoms with van der Waals surface area (Å²) < 4.78 is 5.46. The van der Waals surface area contributed by atoms with Crippen molar-refractivity contribution >= 4 is 17.5 Å². The second kappa shape index (κ2) is 6.75. The van der Waals surface area contributed by atoms with Gasteiger partial charge in [-0.05, 0) is 61.4 Å². The normalized spacial score (nSPS) is 21.3. The third-order valence-electron chi connectivity index (χ3n) is 6.01. The Morgan fingerprint density at radius 1 is 1.23 bits per heavy atom. The van der Waals surface area contributed by atoms with E-state index in [1.807, 2.05) is 24.3 Å². The zero-order chi connectivity index (χ0) is 18.2. The molecule has 26 heavy (non-hydrogen) atoms. The molecule has 1 amide bonds. The van der Waals surface area contributed by atoms with Gasteiger partial charge in [-0.25, -0.2) is 0 Å². The molecule has 2 aliphatic rings. The Balaban J connectivity index is 1.55. The summed E-state index contributed by atoms with van der Waals surface area (Å²) in [5.74, 6) is 0.666. The van der Waals surface area contributed by atoms with Gasteiger partial charge in [-0.15, -0.1) is 0 Å². The lowest BCUT2D eigenvalue weighted by atomic mass is 9.77. The van der Waals surface area contributed by atoms with Crippen molar-refractivity contribution in [1.82, 2.24) is 5.32 Å². The lowest BCUT2D eigenvalue weighted by Crippen LogP contribution is -2.49. The van der Waals surface area contributed by atoms with E-state index in [1.54, 1.807) is 18.4 Å². The van der Waals surface area contributed by atoms with Gasteiger partial charge in [-0.2, -0.15) is 0 Å². The van der Waals surface area contributed by atoms with Crippen LogP contribution in [-0.4, -0.2) is 17.6 Å². The van der Waals surface area contributed by atoms with Gasteiger partial charge in [0, 0.05) is 5.02 Å². The maximum atomic E-state index is 13.2. The Bertz CT molecular complexity index is 761. The minimum Gasteiger partial charge on any atom is -0.466 e. The van der Waals surface area contributed by atoms with Crippen molar-refractivity contribution in [3.8, 4) is 0 Å². The molecule has 0 radical (unpaired) electrons. The first kappa shape index (κ1) is 17.6. The lowest BCUT2D eigenvalue weighted by Gasteiger charge is -2.32. The number of carbonyl (C=O) groups excluding carboxylic acids is 1. The van der Waals surface area contributed by atoms with E-state index < -0.39 is 11.0 Å². The summed E-state index contributed by atoms with van der Waals surface area (Å²) in [4.78, 5) is 13.2. The minimum absolute atomic E-state index is 0.0112. The van der Waals surface area contributed by atoms with Gasteiger partial charge in [0.05, 0.1) is 18.2 Å². The second-order valence-electron chi connectivity index (χ2n) is 7.65. The number of benzene rings is 1. The summed E-state index contributed by atoms with van der Waals surface area (Å²) in [6.07, 6.45) is 7.18. The number of furan rings is 1. The standard InChI is InChI=1S/C21H24ClNO3/c22-17-9-7-15(8-10-17)20(11-1-2-12-20)19(24)23-14-21(25,16-5-6-16)18-4-3-13-26-18/h3-4,7-10,13,16,25H,1-2,5-6,11-12,14H2,(H,23,24)/t21-/m1/s1. The maximum absolute atomic E-state index is 13.2. The molecule has 2 aromatic rings. The molecule has 2 saturated carbocycles. The number of amides is 1. The SMILES string of the molecule is O=C(NC[C@](O)(c1ccco1)C1CC1)C1(c2ccc(Cl)cc2)CCCC1. The summed E-state index contributed by atoms with van der Waals surface area (Å²) in [6.45, 7) is 0.180. The highest BCUT2D eigenvalue weighted by Gasteiger charge is 2.49. The van der Waals surface area contributed by atoms with Crippen molar-refractivity contribution in [2.24, 2.45) is 5.92 Å². The van der Waals surface area contributed by atoms with Gasteiger partial charge in [-0.1, -0.05) is 36.6 Å². The monoisotopic (exact) mass is 373 g/mol. The number of halogens is 1. The molecular weight excluding hydrogens is 350 g/mol. The van der Waals surface area contributed by atoms with Crippen molar-refractivity contribution in [3.63, 3.8) is 0 Å². The highest BCUT2D eigenvalue weighted by Crippen LogP contribution is 2.46. The van der Waals surface area contributed by atoms with Crippen molar-refractivity contribution in [1.29, 1.82) is 0 Å². The van der Waals surface area contributed by atoms with Crippen LogP contribution >= 0.6 is 11.6 Å². The number of rotatable bonds is 6. The summed E-state index contributed by atoms with van der Waals surface area (Å²) in [7, 11) is 0. The van der Waals surface area contributed by atoms with Gasteiger partial charge in [0.15, 0.2) is 0 Å². The number of hydrogen-bond acceptors (Lipinski definition) is 3. The Kier molecular flexibility index (Phi) is 4.57. The largest absolute Gasteiger partial charge is 0.466 e. The summed E-state index contributed by atoms with van der Waals surface area (Å²) >= 11 is 6.02. The fourth-order valence-corrected chi connectivity index (χ4v) is 4.42. The Labute approximate surface area is 158 Å². The number of aliphatic hydroxyl groups is 1. The smallest absolute Gasteiger partial charge is 0.230 e. The molecule has 0 bridgehead atoms. The molecule has 0 unspecified atom stereocenters. The van der Waals surface area contributed by atoms with E-state index in [1.165, 1.54) is 0 Å². The predicted molar refractivity (Wildman–Crippen MR) is 99.9 cm³/mol. The van der Waals surface area contributed by atoms with Crippen LogP contribution in [-0.2, 0) is 15.8 Å². The molecule has 2 fully saturated rings. The first-order chi connectivity index (χ1) is 12.5. The number of nitrogens with one attached hydrogen (secondary N) is 1. The molecule has 4 rings (SSSR count). The zero-order valence-corrected chi connectivity index (χ0v) is 15.5. The Morgan fingerprint density at radius 2 is 1.92 bits per heavy atom. The van der Waals surface area contributed by atoms with E-state index in [2.05, 4.69) is 5.32 Å². The van der Waals surface area contributed by atoms with Crippen molar-refractivity contribution < 1.29 is 14.3 Å². The number of carbonyl (C=O) groups is 1. The molecule has 0 aliphatic heterocycles. The van der Waals surface area contributed by atoms with Crippen LogP contribution in [0.5, 0.6) is 0 Å². The van der Waals surface area contributed by atoms with E-state index in [9.17, 15) is 9.90 Å². The van der Waals surface area contributed by atoms with Gasteiger partial charge in [0.25, 0.3) is 0 Å². The van der Waals surface area contributed by atoms with E-state index >= 15 is 0 Å². The molecule has 1 aromatic heterocycles. The molecule has 5 heteroatoms. The Hall–Kier alpha value is -1.78. The Morgan fingerprint density at radius 3 is 2.50 bits per heavy atom. The van der Waals surface area contributed by atoms with Crippen LogP contribution in [0.15, 0.2) is 47.1 Å². The summed E-state index contributed by atoms with van der Waals surface area (Å²) in [6, 6.07) is 11.1. The third kappa shape index (κ3) is 3.06. The highest BCUT2D eigenvalue weighted by molar-refractivity contribution is 6.30. The molecule has 1 atom stereocenters. The van der Waals surface area contributed by atoms with Crippen molar-refractivity contribution in [2.75, 3.05) is 6.54 Å². The number of hydrogen-bond donors (Lipinski definition) is 2. The lowest BCUT2D eigenvalue weighted by molar-refractivity contribution is -0.128. The maximum Gasteiger partial charge on any atom is 0.230 e. The fraction of sp³-hybridized carbons (Fsp3) is 0.476. The zero-order valence-electron chi connectivity index (χ0n) is 14.7. The van der Waals surface area contributed by atoms with Crippen LogP contribution in [0.1, 0.15) is 49.8 Å². The van der Waals surface area contributed by atoms with Crippen LogP contribution in [0.3, 0.4) is 0 Å². The van der Waals surface area contributed by atoms with Gasteiger partial charge in [0.1, 0.15) is 11.4 Å². The van der Waals surface area contributed by atoms with Gasteiger partial charge in [0.2, 0.25) is 5.91 Å². The summed E-state index contributed by atoms with van der Waals surface area (Å²) in [5.41, 5.74) is -0.651. The van der Waals surface area contributed by atoms with E-state index in [4.69, 9.17) is 16.0 Å². The van der Waals surface area contributed by atoms with Crippen LogP contribution < -0.4 is 5.32 Å². The second-order valence-corrected chi connectivity index (χ2v) is 8.09. The molecule has 1 aromatic carbocycles. The summed E-state index contributed by atoms with van der Waals surface area (Å²) in [5, 5.41) is 14.9.